The van der Waals surface area contributed by atoms with E-state index in [4.69, 9.17) is 18.8 Å². The molecule has 5 nitrogen and oxygen atoms in total. The van der Waals surface area contributed by atoms with Gasteiger partial charge in [-0.25, -0.2) is 0 Å². The summed E-state index contributed by atoms with van der Waals surface area (Å²) >= 11 is 0. The van der Waals surface area contributed by atoms with E-state index in [0.29, 0.717) is 30.0 Å². The molecular formula is C17H25BO5. The van der Waals surface area contributed by atoms with Crippen molar-refractivity contribution in [2.24, 2.45) is 0 Å². The van der Waals surface area contributed by atoms with Crippen LogP contribution in [-0.2, 0) is 14.0 Å². The van der Waals surface area contributed by atoms with E-state index in [1.54, 1.807) is 19.2 Å². The minimum absolute atomic E-state index is 0.471. The summed E-state index contributed by atoms with van der Waals surface area (Å²) in [5.74, 6) is 0.615. The number of hydrogen-bond donors (Lipinski definition) is 0. The van der Waals surface area contributed by atoms with E-state index in [9.17, 15) is 4.79 Å². The molecular weight excluding hydrogens is 295 g/mol. The van der Waals surface area contributed by atoms with Crippen LogP contribution in [0.2, 0.25) is 0 Å². The SMILES string of the molecule is COCCCOc1cccc(C=O)c1B1OC(C)(C)C(C)(C)O1. The summed E-state index contributed by atoms with van der Waals surface area (Å²) in [6, 6.07) is 5.37. The van der Waals surface area contributed by atoms with Gasteiger partial charge in [0.15, 0.2) is 0 Å². The van der Waals surface area contributed by atoms with E-state index in [0.717, 1.165) is 12.7 Å². The monoisotopic (exact) mass is 320 g/mol. The fourth-order valence-corrected chi connectivity index (χ4v) is 2.39. The van der Waals surface area contributed by atoms with Crippen LogP contribution in [0, 0.1) is 0 Å². The molecule has 0 aromatic heterocycles. The molecule has 0 unspecified atom stereocenters. The number of rotatable bonds is 7. The molecule has 126 valence electrons. The van der Waals surface area contributed by atoms with Gasteiger partial charge in [-0.1, -0.05) is 12.1 Å². The van der Waals surface area contributed by atoms with Crippen LogP contribution in [0.5, 0.6) is 5.75 Å². The maximum absolute atomic E-state index is 11.4. The summed E-state index contributed by atoms with van der Waals surface area (Å²) in [5, 5.41) is 0. The van der Waals surface area contributed by atoms with E-state index in [-0.39, 0.29) is 0 Å². The third kappa shape index (κ3) is 3.76. The van der Waals surface area contributed by atoms with Gasteiger partial charge in [0.1, 0.15) is 12.0 Å². The zero-order valence-corrected chi connectivity index (χ0v) is 14.5. The van der Waals surface area contributed by atoms with Gasteiger partial charge in [-0.3, -0.25) is 4.79 Å². The highest BCUT2D eigenvalue weighted by Gasteiger charge is 2.53. The Morgan fingerprint density at radius 3 is 2.35 bits per heavy atom. The first-order chi connectivity index (χ1) is 10.8. The number of ether oxygens (including phenoxy) is 2. The van der Waals surface area contributed by atoms with Gasteiger partial charge in [0, 0.05) is 31.2 Å². The maximum Gasteiger partial charge on any atom is 0.499 e. The first-order valence-corrected chi connectivity index (χ1v) is 7.88. The smallest absolute Gasteiger partial charge is 0.494 e. The molecule has 1 aromatic rings. The van der Waals surface area contributed by atoms with Crippen LogP contribution in [0.3, 0.4) is 0 Å². The second-order valence-corrected chi connectivity index (χ2v) is 6.66. The zero-order chi connectivity index (χ0) is 17.1. The quantitative estimate of drug-likeness (QED) is 0.438. The van der Waals surface area contributed by atoms with Crippen molar-refractivity contribution in [3.63, 3.8) is 0 Å². The van der Waals surface area contributed by atoms with Crippen LogP contribution in [0.4, 0.5) is 0 Å². The average Bonchev–Trinajstić information content (AvgIpc) is 2.71. The van der Waals surface area contributed by atoms with Crippen molar-refractivity contribution in [3.8, 4) is 5.75 Å². The van der Waals surface area contributed by atoms with Crippen molar-refractivity contribution in [2.45, 2.75) is 45.3 Å². The third-order valence-corrected chi connectivity index (χ3v) is 4.47. The van der Waals surface area contributed by atoms with Crippen LogP contribution in [0.25, 0.3) is 0 Å². The first kappa shape index (κ1) is 18.0. The highest BCUT2D eigenvalue weighted by atomic mass is 16.7. The standard InChI is InChI=1S/C17H25BO5/c1-16(2)17(3,4)23-18(22-16)15-13(12-19)8-6-9-14(15)21-11-7-10-20-5/h6,8-9,12H,7,10-11H2,1-5H3. The molecule has 0 spiro atoms. The van der Waals surface area contributed by atoms with E-state index < -0.39 is 18.3 Å². The number of hydrogen-bond acceptors (Lipinski definition) is 5. The highest BCUT2D eigenvalue weighted by Crippen LogP contribution is 2.37. The minimum atomic E-state index is -0.626. The zero-order valence-electron chi connectivity index (χ0n) is 14.5. The Bertz CT molecular complexity index is 540. The Balaban J connectivity index is 2.28. The molecule has 1 aliphatic heterocycles. The second-order valence-electron chi connectivity index (χ2n) is 6.66. The molecule has 0 saturated carbocycles. The van der Waals surface area contributed by atoms with Crippen molar-refractivity contribution >= 4 is 18.9 Å². The Hall–Kier alpha value is -1.37. The molecule has 6 heteroatoms. The van der Waals surface area contributed by atoms with Crippen LogP contribution in [0.15, 0.2) is 18.2 Å². The predicted molar refractivity (Wildman–Crippen MR) is 89.5 cm³/mol. The summed E-state index contributed by atoms with van der Waals surface area (Å²) in [6.45, 7) is 9.05. The van der Waals surface area contributed by atoms with Gasteiger partial charge in [0.05, 0.1) is 17.8 Å². The Labute approximate surface area is 138 Å². The van der Waals surface area contributed by atoms with Crippen LogP contribution in [-0.4, -0.2) is 44.9 Å². The van der Waals surface area contributed by atoms with E-state index >= 15 is 0 Å². The molecule has 0 bridgehead atoms. The summed E-state index contributed by atoms with van der Waals surface area (Å²) in [7, 11) is 1.03. The molecule has 23 heavy (non-hydrogen) atoms. The minimum Gasteiger partial charge on any atom is -0.494 e. The average molecular weight is 320 g/mol. The molecule has 0 radical (unpaired) electrons. The van der Waals surface area contributed by atoms with Crippen molar-refractivity contribution in [1.29, 1.82) is 0 Å². The van der Waals surface area contributed by atoms with E-state index in [1.807, 2.05) is 33.8 Å². The number of benzene rings is 1. The molecule has 0 amide bonds. The first-order valence-electron chi connectivity index (χ1n) is 7.88. The van der Waals surface area contributed by atoms with Gasteiger partial charge in [0.25, 0.3) is 0 Å². The van der Waals surface area contributed by atoms with Gasteiger partial charge in [-0.05, 0) is 33.8 Å². The number of carbonyl (C=O) groups excluding carboxylic acids is 1. The van der Waals surface area contributed by atoms with Crippen molar-refractivity contribution in [3.05, 3.63) is 23.8 Å². The third-order valence-electron chi connectivity index (χ3n) is 4.47. The lowest BCUT2D eigenvalue weighted by Crippen LogP contribution is -2.41. The Morgan fingerprint density at radius 1 is 1.13 bits per heavy atom. The Kier molecular flexibility index (Phi) is 5.50. The Morgan fingerprint density at radius 2 is 1.78 bits per heavy atom. The second kappa shape index (κ2) is 7.03. The molecule has 1 heterocycles. The molecule has 0 N–H and O–H groups in total. The summed E-state index contributed by atoms with van der Waals surface area (Å²) in [5.41, 5.74) is 0.230. The van der Waals surface area contributed by atoms with E-state index in [2.05, 4.69) is 0 Å². The molecule has 1 saturated heterocycles. The summed E-state index contributed by atoms with van der Waals surface area (Å²) in [6.07, 6.45) is 1.58. The normalized spacial score (nSPS) is 18.9. The van der Waals surface area contributed by atoms with Gasteiger partial charge >= 0.3 is 7.12 Å². The molecule has 2 rings (SSSR count). The lowest BCUT2D eigenvalue weighted by atomic mass is 9.75. The summed E-state index contributed by atoms with van der Waals surface area (Å²) in [4.78, 5) is 11.4. The van der Waals surface area contributed by atoms with Crippen LogP contribution in [0.1, 0.15) is 44.5 Å². The number of methoxy groups -OCH3 is 1. The van der Waals surface area contributed by atoms with Gasteiger partial charge in [-0.2, -0.15) is 0 Å². The number of carbonyl (C=O) groups is 1. The predicted octanol–water partition coefficient (Wildman–Crippen LogP) is 2.21. The molecule has 1 aliphatic rings. The number of aldehydes is 1. The lowest BCUT2D eigenvalue weighted by Gasteiger charge is -2.32. The van der Waals surface area contributed by atoms with Gasteiger partial charge in [-0.15, -0.1) is 0 Å². The largest absolute Gasteiger partial charge is 0.499 e. The van der Waals surface area contributed by atoms with Crippen molar-refractivity contribution in [1.82, 2.24) is 0 Å². The molecule has 0 aliphatic carbocycles. The summed E-state index contributed by atoms with van der Waals surface area (Å²) < 4.78 is 23.0. The molecule has 1 aromatic carbocycles. The fourth-order valence-electron chi connectivity index (χ4n) is 2.39. The van der Waals surface area contributed by atoms with Gasteiger partial charge in [0.2, 0.25) is 0 Å². The van der Waals surface area contributed by atoms with Crippen molar-refractivity contribution in [2.75, 3.05) is 20.3 Å². The molecule has 0 atom stereocenters. The van der Waals surface area contributed by atoms with Crippen LogP contribution < -0.4 is 10.2 Å². The van der Waals surface area contributed by atoms with E-state index in [1.165, 1.54) is 0 Å². The van der Waals surface area contributed by atoms with Crippen LogP contribution >= 0.6 is 0 Å². The fraction of sp³-hybridized carbons (Fsp3) is 0.588. The maximum atomic E-state index is 11.4. The lowest BCUT2D eigenvalue weighted by molar-refractivity contribution is 0.00578. The van der Waals surface area contributed by atoms with Gasteiger partial charge < -0.3 is 18.8 Å². The van der Waals surface area contributed by atoms with Crippen molar-refractivity contribution < 1.29 is 23.6 Å². The molecule has 1 fully saturated rings. The highest BCUT2D eigenvalue weighted by molar-refractivity contribution is 6.64. The topological polar surface area (TPSA) is 54.0 Å².